The minimum Gasteiger partial charge on any atom is -0.306 e. The molecule has 0 aliphatic heterocycles. The Bertz CT molecular complexity index is 2390. The van der Waals surface area contributed by atoms with Crippen LogP contribution in [0.3, 0.4) is 0 Å². The predicted octanol–water partition coefficient (Wildman–Crippen LogP) is 10.4. The summed E-state index contributed by atoms with van der Waals surface area (Å²) in [6.07, 6.45) is 2.02. The lowest BCUT2D eigenvalue weighted by atomic mass is 9.81. The van der Waals surface area contributed by atoms with Crippen LogP contribution < -0.4 is 0 Å². The smallest absolute Gasteiger partial charge is 0.159 e. The molecule has 0 saturated heterocycles. The SMILES string of the molecule is CC1(C)c2ccccc2-c2ccc3c(c21)c1nc(-c2ccc(-c4ccccc4)cc2)ncc1n3-c1cccc2ccccc12. The predicted molar refractivity (Wildman–Crippen MR) is 182 cm³/mol. The Hall–Kier alpha value is -5.54. The molecule has 44 heavy (non-hydrogen) atoms. The van der Waals surface area contributed by atoms with Crippen molar-refractivity contribution in [1.29, 1.82) is 0 Å². The summed E-state index contributed by atoms with van der Waals surface area (Å²) >= 11 is 0. The number of nitrogens with zero attached hydrogens (tertiary/aromatic N) is 3. The van der Waals surface area contributed by atoms with E-state index >= 15 is 0 Å². The van der Waals surface area contributed by atoms with E-state index in [2.05, 4.69) is 146 Å². The van der Waals surface area contributed by atoms with E-state index in [4.69, 9.17) is 9.97 Å². The number of rotatable bonds is 3. The molecule has 1 aliphatic rings. The summed E-state index contributed by atoms with van der Waals surface area (Å²) in [7, 11) is 0. The Balaban J connectivity index is 1.34. The van der Waals surface area contributed by atoms with Gasteiger partial charge < -0.3 is 4.57 Å². The van der Waals surface area contributed by atoms with E-state index in [-0.39, 0.29) is 5.41 Å². The standard InChI is InChI=1S/C41H29N3/c1-41(2)33-17-9-8-16-31(33)32-23-24-35-37(38(32)41)39-36(44(35)34-18-10-14-28-13-6-7-15-30(28)34)25-42-40(43-39)29-21-19-27(20-22-29)26-11-4-3-5-12-26/h3-25H,1-2H3. The molecule has 2 heterocycles. The van der Waals surface area contributed by atoms with Crippen LogP contribution in [-0.2, 0) is 5.41 Å². The monoisotopic (exact) mass is 563 g/mol. The summed E-state index contributed by atoms with van der Waals surface area (Å²) in [6.45, 7) is 4.70. The summed E-state index contributed by atoms with van der Waals surface area (Å²) in [5.41, 5.74) is 12.8. The van der Waals surface area contributed by atoms with Crippen molar-refractivity contribution in [3.63, 3.8) is 0 Å². The van der Waals surface area contributed by atoms with Crippen molar-refractivity contribution in [3.05, 3.63) is 151 Å². The highest BCUT2D eigenvalue weighted by Gasteiger charge is 2.38. The van der Waals surface area contributed by atoms with Crippen LogP contribution in [0.25, 0.3) is 72.0 Å². The molecule has 0 radical (unpaired) electrons. The molecular formula is C41H29N3. The number of benzene rings is 6. The lowest BCUT2D eigenvalue weighted by Crippen LogP contribution is -2.15. The van der Waals surface area contributed by atoms with Gasteiger partial charge in [-0.3, -0.25) is 0 Å². The topological polar surface area (TPSA) is 30.7 Å². The molecule has 0 unspecified atom stereocenters. The molecule has 208 valence electrons. The maximum Gasteiger partial charge on any atom is 0.159 e. The van der Waals surface area contributed by atoms with Gasteiger partial charge in [0.1, 0.15) is 5.52 Å². The minimum absolute atomic E-state index is 0.175. The van der Waals surface area contributed by atoms with Crippen LogP contribution in [0.4, 0.5) is 0 Å². The first-order chi connectivity index (χ1) is 21.6. The van der Waals surface area contributed by atoms with Crippen LogP contribution in [0.15, 0.2) is 140 Å². The highest BCUT2D eigenvalue weighted by atomic mass is 15.0. The molecule has 8 aromatic rings. The van der Waals surface area contributed by atoms with Crippen LogP contribution in [-0.4, -0.2) is 14.5 Å². The molecule has 0 fully saturated rings. The van der Waals surface area contributed by atoms with Crippen LogP contribution in [0, 0.1) is 0 Å². The normalized spacial score (nSPS) is 13.4. The minimum atomic E-state index is -0.175. The van der Waals surface area contributed by atoms with Crippen molar-refractivity contribution in [2.75, 3.05) is 0 Å². The van der Waals surface area contributed by atoms with Gasteiger partial charge in [0.2, 0.25) is 0 Å². The molecule has 3 heteroatoms. The zero-order chi connectivity index (χ0) is 29.4. The van der Waals surface area contributed by atoms with Gasteiger partial charge in [-0.15, -0.1) is 0 Å². The Morgan fingerprint density at radius 2 is 1.27 bits per heavy atom. The average Bonchev–Trinajstić information content (AvgIpc) is 3.53. The first-order valence-electron chi connectivity index (χ1n) is 15.2. The molecule has 3 nitrogen and oxygen atoms in total. The average molecular weight is 564 g/mol. The van der Waals surface area contributed by atoms with Crippen LogP contribution >= 0.6 is 0 Å². The number of aromatic nitrogens is 3. The van der Waals surface area contributed by atoms with Crippen molar-refractivity contribution in [3.8, 4) is 39.3 Å². The lowest BCUT2D eigenvalue weighted by molar-refractivity contribution is 0.666. The molecule has 0 spiro atoms. The number of fused-ring (bicyclic) bond motifs is 8. The van der Waals surface area contributed by atoms with Gasteiger partial charge in [0.15, 0.2) is 5.82 Å². The zero-order valence-electron chi connectivity index (χ0n) is 24.6. The molecule has 0 bridgehead atoms. The van der Waals surface area contributed by atoms with Crippen molar-refractivity contribution in [1.82, 2.24) is 14.5 Å². The van der Waals surface area contributed by atoms with Crippen molar-refractivity contribution >= 4 is 32.7 Å². The van der Waals surface area contributed by atoms with Crippen molar-refractivity contribution in [2.45, 2.75) is 19.3 Å². The fraction of sp³-hybridized carbons (Fsp3) is 0.0732. The second kappa shape index (κ2) is 9.23. The second-order valence-corrected chi connectivity index (χ2v) is 12.3. The van der Waals surface area contributed by atoms with E-state index in [9.17, 15) is 0 Å². The van der Waals surface area contributed by atoms with Crippen LogP contribution in [0.2, 0.25) is 0 Å². The van der Waals surface area contributed by atoms with Gasteiger partial charge in [-0.2, -0.15) is 0 Å². The summed E-state index contributed by atoms with van der Waals surface area (Å²) in [6, 6.07) is 47.6. The van der Waals surface area contributed by atoms with Gasteiger partial charge in [-0.05, 0) is 50.9 Å². The molecule has 0 N–H and O–H groups in total. The number of hydrogen-bond acceptors (Lipinski definition) is 2. The fourth-order valence-electron chi connectivity index (χ4n) is 7.39. The van der Waals surface area contributed by atoms with Crippen LogP contribution in [0.5, 0.6) is 0 Å². The van der Waals surface area contributed by atoms with Crippen molar-refractivity contribution in [2.24, 2.45) is 0 Å². The van der Waals surface area contributed by atoms with E-state index in [0.717, 1.165) is 33.6 Å². The summed E-state index contributed by atoms with van der Waals surface area (Å²) in [4.78, 5) is 10.4. The molecule has 6 aromatic carbocycles. The van der Waals surface area contributed by atoms with Gasteiger partial charge in [0, 0.05) is 21.8 Å². The zero-order valence-corrected chi connectivity index (χ0v) is 24.6. The molecular weight excluding hydrogens is 534 g/mol. The van der Waals surface area contributed by atoms with Gasteiger partial charge in [0.25, 0.3) is 0 Å². The Morgan fingerprint density at radius 3 is 2.14 bits per heavy atom. The van der Waals surface area contributed by atoms with Gasteiger partial charge in [-0.25, -0.2) is 9.97 Å². The molecule has 1 aliphatic carbocycles. The third-order valence-corrected chi connectivity index (χ3v) is 9.44. The second-order valence-electron chi connectivity index (χ2n) is 12.3. The van der Waals surface area contributed by atoms with Crippen LogP contribution in [0.1, 0.15) is 25.0 Å². The molecule has 2 aromatic heterocycles. The quantitative estimate of drug-likeness (QED) is 0.214. The van der Waals surface area contributed by atoms with E-state index in [0.29, 0.717) is 0 Å². The Morgan fingerprint density at radius 1 is 0.568 bits per heavy atom. The maximum atomic E-state index is 5.38. The molecule has 0 atom stereocenters. The Labute approximate surface area is 256 Å². The molecule has 9 rings (SSSR count). The summed E-state index contributed by atoms with van der Waals surface area (Å²) in [5.74, 6) is 0.736. The fourth-order valence-corrected chi connectivity index (χ4v) is 7.39. The highest BCUT2D eigenvalue weighted by Crippen LogP contribution is 2.53. The number of hydrogen-bond donors (Lipinski definition) is 0. The van der Waals surface area contributed by atoms with Gasteiger partial charge in [0.05, 0.1) is 22.9 Å². The third-order valence-electron chi connectivity index (χ3n) is 9.44. The molecule has 0 amide bonds. The molecule has 0 saturated carbocycles. The van der Waals surface area contributed by atoms with Crippen molar-refractivity contribution < 1.29 is 0 Å². The summed E-state index contributed by atoms with van der Waals surface area (Å²) in [5, 5.41) is 3.62. The lowest BCUT2D eigenvalue weighted by Gasteiger charge is -2.22. The highest BCUT2D eigenvalue weighted by molar-refractivity contribution is 6.13. The van der Waals surface area contributed by atoms with E-state index in [1.165, 1.54) is 49.5 Å². The first-order valence-corrected chi connectivity index (χ1v) is 15.2. The van der Waals surface area contributed by atoms with E-state index < -0.39 is 0 Å². The van der Waals surface area contributed by atoms with E-state index in [1.807, 2.05) is 12.3 Å². The first kappa shape index (κ1) is 25.0. The van der Waals surface area contributed by atoms with E-state index in [1.54, 1.807) is 0 Å². The van der Waals surface area contributed by atoms with Gasteiger partial charge in [-0.1, -0.05) is 135 Å². The summed E-state index contributed by atoms with van der Waals surface area (Å²) < 4.78 is 2.37. The Kier molecular flexibility index (Phi) is 5.24. The third kappa shape index (κ3) is 3.50. The largest absolute Gasteiger partial charge is 0.306 e. The van der Waals surface area contributed by atoms with Gasteiger partial charge >= 0.3 is 0 Å². The maximum absolute atomic E-state index is 5.38.